The third-order valence-corrected chi connectivity index (χ3v) is 3.14. The first-order valence-corrected chi connectivity index (χ1v) is 5.81. The summed E-state index contributed by atoms with van der Waals surface area (Å²) in [6, 6.07) is 6.08. The lowest BCUT2D eigenvalue weighted by molar-refractivity contribution is 0.231. The van der Waals surface area contributed by atoms with Crippen LogP contribution in [-0.4, -0.2) is 42.1 Å². The average Bonchev–Trinajstić information content (AvgIpc) is 2.39. The largest absolute Gasteiger partial charge is 0.397 e. The highest BCUT2D eigenvalue weighted by molar-refractivity contribution is 5.46. The summed E-state index contributed by atoms with van der Waals surface area (Å²) in [4.78, 5) is 8.72. The summed E-state index contributed by atoms with van der Waals surface area (Å²) in [5.41, 5.74) is 6.30. The molecule has 1 unspecified atom stereocenters. The van der Waals surface area contributed by atoms with Gasteiger partial charge in [0.25, 0.3) is 0 Å². The molecule has 1 atom stereocenters. The van der Waals surface area contributed by atoms with Gasteiger partial charge in [-0.05, 0) is 19.1 Å². The van der Waals surface area contributed by atoms with E-state index in [0.717, 1.165) is 32.0 Å². The van der Waals surface area contributed by atoms with Crippen LogP contribution in [0, 0.1) is 11.3 Å². The van der Waals surface area contributed by atoms with Crippen molar-refractivity contribution in [3.05, 3.63) is 18.3 Å². The lowest BCUT2D eigenvalue weighted by Gasteiger charge is -2.36. The van der Waals surface area contributed by atoms with Crippen molar-refractivity contribution in [1.29, 1.82) is 5.26 Å². The first-order chi connectivity index (χ1) is 8.20. The van der Waals surface area contributed by atoms with Gasteiger partial charge in [-0.25, -0.2) is 4.98 Å². The Kier molecular flexibility index (Phi) is 3.45. The van der Waals surface area contributed by atoms with E-state index in [-0.39, 0.29) is 6.04 Å². The molecule has 1 aliphatic heterocycles. The van der Waals surface area contributed by atoms with E-state index >= 15 is 0 Å². The van der Waals surface area contributed by atoms with E-state index in [1.165, 1.54) is 0 Å². The topological polar surface area (TPSA) is 69.2 Å². The summed E-state index contributed by atoms with van der Waals surface area (Å²) in [5.74, 6) is 0.962. The van der Waals surface area contributed by atoms with Crippen molar-refractivity contribution < 1.29 is 0 Å². The standard InChI is InChI=1S/C12H17N5/c1-10(8-13)16-4-6-17(7-5-16)12-3-2-11(14)9-15-12/h2-3,9-10H,4-7,14H2,1H3. The minimum Gasteiger partial charge on any atom is -0.397 e. The maximum absolute atomic E-state index is 8.87. The van der Waals surface area contributed by atoms with E-state index in [2.05, 4.69) is 20.9 Å². The van der Waals surface area contributed by atoms with Crippen molar-refractivity contribution in [3.63, 3.8) is 0 Å². The summed E-state index contributed by atoms with van der Waals surface area (Å²) in [6.07, 6.45) is 1.68. The van der Waals surface area contributed by atoms with Crippen LogP contribution in [0.3, 0.4) is 0 Å². The number of piperazine rings is 1. The molecule has 0 amide bonds. The Morgan fingerprint density at radius 3 is 2.59 bits per heavy atom. The summed E-state index contributed by atoms with van der Waals surface area (Å²) in [7, 11) is 0. The molecule has 90 valence electrons. The Hall–Kier alpha value is -1.80. The van der Waals surface area contributed by atoms with Crippen LogP contribution in [-0.2, 0) is 0 Å². The number of hydrogen-bond acceptors (Lipinski definition) is 5. The van der Waals surface area contributed by atoms with Gasteiger partial charge in [-0.1, -0.05) is 0 Å². The summed E-state index contributed by atoms with van der Waals surface area (Å²) in [5, 5.41) is 8.87. The highest BCUT2D eigenvalue weighted by Gasteiger charge is 2.21. The molecular formula is C12H17N5. The molecule has 0 radical (unpaired) electrons. The van der Waals surface area contributed by atoms with Crippen LogP contribution in [0.2, 0.25) is 0 Å². The molecule has 2 heterocycles. The molecule has 0 spiro atoms. The Morgan fingerprint density at radius 1 is 1.35 bits per heavy atom. The fraction of sp³-hybridized carbons (Fsp3) is 0.500. The van der Waals surface area contributed by atoms with Crippen molar-refractivity contribution in [2.45, 2.75) is 13.0 Å². The number of aromatic nitrogens is 1. The van der Waals surface area contributed by atoms with Gasteiger partial charge >= 0.3 is 0 Å². The summed E-state index contributed by atoms with van der Waals surface area (Å²) in [6.45, 7) is 5.56. The Balaban J connectivity index is 1.95. The lowest BCUT2D eigenvalue weighted by Crippen LogP contribution is -2.49. The van der Waals surface area contributed by atoms with Gasteiger partial charge < -0.3 is 10.6 Å². The zero-order chi connectivity index (χ0) is 12.3. The molecule has 2 rings (SSSR count). The second-order valence-corrected chi connectivity index (χ2v) is 4.28. The number of nitrogens with two attached hydrogens (primary N) is 1. The highest BCUT2D eigenvalue weighted by atomic mass is 15.3. The van der Waals surface area contributed by atoms with Gasteiger partial charge in [-0.3, -0.25) is 4.90 Å². The van der Waals surface area contributed by atoms with E-state index in [0.29, 0.717) is 5.69 Å². The molecule has 1 fully saturated rings. The Morgan fingerprint density at radius 2 is 2.06 bits per heavy atom. The maximum Gasteiger partial charge on any atom is 0.128 e. The third kappa shape index (κ3) is 2.66. The molecular weight excluding hydrogens is 214 g/mol. The van der Waals surface area contributed by atoms with Crippen LogP contribution in [0.15, 0.2) is 18.3 Å². The molecule has 1 aromatic rings. The average molecular weight is 231 g/mol. The number of rotatable bonds is 2. The monoisotopic (exact) mass is 231 g/mol. The number of nitrogen functional groups attached to an aromatic ring is 1. The van der Waals surface area contributed by atoms with Gasteiger partial charge in [0.1, 0.15) is 5.82 Å². The second kappa shape index (κ2) is 5.02. The van der Waals surface area contributed by atoms with Crippen LogP contribution in [0.4, 0.5) is 11.5 Å². The molecule has 0 aromatic carbocycles. The van der Waals surface area contributed by atoms with Crippen molar-refractivity contribution in [1.82, 2.24) is 9.88 Å². The first-order valence-electron chi connectivity index (χ1n) is 5.81. The minimum atomic E-state index is -0.00322. The van der Waals surface area contributed by atoms with E-state index < -0.39 is 0 Å². The SMILES string of the molecule is CC(C#N)N1CCN(c2ccc(N)cn2)CC1. The van der Waals surface area contributed by atoms with Crippen LogP contribution in [0.1, 0.15) is 6.92 Å². The molecule has 2 N–H and O–H groups in total. The molecule has 0 saturated carbocycles. The Bertz CT molecular complexity index is 400. The van der Waals surface area contributed by atoms with Crippen LogP contribution in [0.5, 0.6) is 0 Å². The van der Waals surface area contributed by atoms with Crippen LogP contribution < -0.4 is 10.6 Å². The molecule has 0 aliphatic carbocycles. The minimum absolute atomic E-state index is 0.00322. The van der Waals surface area contributed by atoms with Crippen molar-refractivity contribution in [3.8, 4) is 6.07 Å². The first kappa shape index (κ1) is 11.7. The molecule has 17 heavy (non-hydrogen) atoms. The van der Waals surface area contributed by atoms with Crippen molar-refractivity contribution in [2.75, 3.05) is 36.8 Å². The van der Waals surface area contributed by atoms with E-state index in [1.807, 2.05) is 19.1 Å². The third-order valence-electron chi connectivity index (χ3n) is 3.14. The fourth-order valence-corrected chi connectivity index (χ4v) is 2.00. The zero-order valence-corrected chi connectivity index (χ0v) is 10.0. The van der Waals surface area contributed by atoms with Gasteiger partial charge in [-0.15, -0.1) is 0 Å². The van der Waals surface area contributed by atoms with Gasteiger partial charge in [-0.2, -0.15) is 5.26 Å². The van der Waals surface area contributed by atoms with E-state index in [9.17, 15) is 0 Å². The Labute approximate surface area is 101 Å². The second-order valence-electron chi connectivity index (χ2n) is 4.28. The number of anilines is 2. The normalized spacial score (nSPS) is 18.7. The quantitative estimate of drug-likeness (QED) is 0.811. The van der Waals surface area contributed by atoms with E-state index in [1.54, 1.807) is 6.20 Å². The summed E-state index contributed by atoms with van der Waals surface area (Å²) < 4.78 is 0. The van der Waals surface area contributed by atoms with Crippen LogP contribution in [0.25, 0.3) is 0 Å². The number of nitrogens with zero attached hydrogens (tertiary/aromatic N) is 4. The van der Waals surface area contributed by atoms with Gasteiger partial charge in [0.2, 0.25) is 0 Å². The fourth-order valence-electron chi connectivity index (χ4n) is 2.00. The molecule has 1 aromatic heterocycles. The van der Waals surface area contributed by atoms with Gasteiger partial charge in [0.15, 0.2) is 0 Å². The molecule has 5 heteroatoms. The number of hydrogen-bond donors (Lipinski definition) is 1. The van der Waals surface area contributed by atoms with Crippen molar-refractivity contribution in [2.24, 2.45) is 0 Å². The van der Waals surface area contributed by atoms with Gasteiger partial charge in [0, 0.05) is 26.2 Å². The van der Waals surface area contributed by atoms with Crippen molar-refractivity contribution >= 4 is 11.5 Å². The van der Waals surface area contributed by atoms with Crippen LogP contribution >= 0.6 is 0 Å². The predicted octanol–water partition coefficient (Wildman–Crippen LogP) is 0.698. The van der Waals surface area contributed by atoms with Gasteiger partial charge in [0.05, 0.1) is 24.0 Å². The lowest BCUT2D eigenvalue weighted by atomic mass is 10.2. The molecule has 0 bridgehead atoms. The maximum atomic E-state index is 8.87. The zero-order valence-electron chi connectivity index (χ0n) is 10.0. The molecule has 1 saturated heterocycles. The number of pyridine rings is 1. The summed E-state index contributed by atoms with van der Waals surface area (Å²) >= 11 is 0. The molecule has 1 aliphatic rings. The number of nitriles is 1. The smallest absolute Gasteiger partial charge is 0.128 e. The van der Waals surface area contributed by atoms with E-state index in [4.69, 9.17) is 11.0 Å². The molecule has 5 nitrogen and oxygen atoms in total. The predicted molar refractivity (Wildman–Crippen MR) is 67.5 cm³/mol. The highest BCUT2D eigenvalue weighted by Crippen LogP contribution is 2.15.